The zero-order valence-electron chi connectivity index (χ0n) is 14.1. The van der Waals surface area contributed by atoms with Gasteiger partial charge in [-0.15, -0.1) is 0 Å². The lowest BCUT2D eigenvalue weighted by Gasteiger charge is -2.08. The van der Waals surface area contributed by atoms with Gasteiger partial charge in [0.2, 0.25) is 0 Å². The summed E-state index contributed by atoms with van der Waals surface area (Å²) < 4.78 is 24.4. The van der Waals surface area contributed by atoms with Crippen molar-refractivity contribution in [1.82, 2.24) is 4.98 Å². The molecule has 1 aromatic heterocycles. The molecule has 0 unspecified atom stereocenters. The molecule has 0 saturated carbocycles. The van der Waals surface area contributed by atoms with Crippen molar-refractivity contribution >= 4 is 5.97 Å². The molecule has 0 saturated heterocycles. The second kappa shape index (κ2) is 8.76. The Hall–Kier alpha value is -3.21. The van der Waals surface area contributed by atoms with E-state index in [0.29, 0.717) is 17.9 Å². The van der Waals surface area contributed by atoms with Gasteiger partial charge in [-0.1, -0.05) is 36.4 Å². The number of hydrogen-bond donors (Lipinski definition) is 0. The molecule has 0 atom stereocenters. The zero-order chi connectivity index (χ0) is 18.2. The fourth-order valence-electron chi connectivity index (χ4n) is 2.33. The summed E-state index contributed by atoms with van der Waals surface area (Å²) in [5.41, 5.74) is 2.01. The van der Waals surface area contributed by atoms with Crippen LogP contribution in [0.1, 0.15) is 16.8 Å². The van der Waals surface area contributed by atoms with Gasteiger partial charge in [-0.25, -0.2) is 4.39 Å². The van der Waals surface area contributed by atoms with Gasteiger partial charge >= 0.3 is 5.97 Å². The van der Waals surface area contributed by atoms with Gasteiger partial charge in [-0.2, -0.15) is 0 Å². The Balaban J connectivity index is 1.46. The Morgan fingerprint density at radius 2 is 1.69 bits per heavy atom. The summed E-state index contributed by atoms with van der Waals surface area (Å²) >= 11 is 0. The van der Waals surface area contributed by atoms with Crippen LogP contribution in [0.3, 0.4) is 0 Å². The van der Waals surface area contributed by atoms with Gasteiger partial charge in [0.1, 0.15) is 24.8 Å². The minimum Gasteiger partial charge on any atom is -0.487 e. The van der Waals surface area contributed by atoms with Crippen molar-refractivity contribution in [1.29, 1.82) is 0 Å². The number of nitrogens with zero attached hydrogens (tertiary/aromatic N) is 1. The van der Waals surface area contributed by atoms with Crippen LogP contribution in [0.25, 0.3) is 0 Å². The van der Waals surface area contributed by atoms with Crippen LogP contribution in [0.4, 0.5) is 4.39 Å². The standard InChI is InChI=1S/C21H18FNO3/c22-20-7-2-1-5-17(20)13-21(24)26-14-16-8-10-19(11-9-16)25-15-18-6-3-4-12-23-18/h1-12H,13-15H2. The van der Waals surface area contributed by atoms with E-state index in [9.17, 15) is 9.18 Å². The topological polar surface area (TPSA) is 48.4 Å². The molecule has 4 nitrogen and oxygen atoms in total. The van der Waals surface area contributed by atoms with E-state index in [1.54, 1.807) is 24.4 Å². The van der Waals surface area contributed by atoms with Crippen molar-refractivity contribution in [3.63, 3.8) is 0 Å². The number of pyridine rings is 1. The van der Waals surface area contributed by atoms with Crippen molar-refractivity contribution in [3.8, 4) is 5.75 Å². The Morgan fingerprint density at radius 3 is 2.42 bits per heavy atom. The Labute approximate surface area is 151 Å². The minimum atomic E-state index is -0.467. The highest BCUT2D eigenvalue weighted by atomic mass is 19.1. The van der Waals surface area contributed by atoms with Gasteiger partial charge in [-0.3, -0.25) is 9.78 Å². The monoisotopic (exact) mass is 351 g/mol. The van der Waals surface area contributed by atoms with Gasteiger partial charge < -0.3 is 9.47 Å². The molecule has 3 aromatic rings. The number of halogens is 1. The fraction of sp³-hybridized carbons (Fsp3) is 0.143. The Bertz CT molecular complexity index is 851. The van der Waals surface area contributed by atoms with Crippen LogP contribution in [0.2, 0.25) is 0 Å². The number of carbonyl (C=O) groups excluding carboxylic acids is 1. The van der Waals surface area contributed by atoms with Gasteiger partial charge in [0.25, 0.3) is 0 Å². The van der Waals surface area contributed by atoms with Crippen molar-refractivity contribution in [2.45, 2.75) is 19.6 Å². The van der Waals surface area contributed by atoms with E-state index >= 15 is 0 Å². The minimum absolute atomic E-state index is 0.0854. The smallest absolute Gasteiger partial charge is 0.310 e. The SMILES string of the molecule is O=C(Cc1ccccc1F)OCc1ccc(OCc2ccccn2)cc1. The summed E-state index contributed by atoms with van der Waals surface area (Å²) in [7, 11) is 0. The molecule has 26 heavy (non-hydrogen) atoms. The molecule has 0 aliphatic carbocycles. The molecule has 0 fully saturated rings. The molecule has 1 heterocycles. The molecule has 3 rings (SSSR count). The fourth-order valence-corrected chi connectivity index (χ4v) is 2.33. The molecule has 0 aliphatic heterocycles. The number of ether oxygens (including phenoxy) is 2. The molecule has 0 N–H and O–H groups in total. The Morgan fingerprint density at radius 1 is 0.923 bits per heavy atom. The van der Waals surface area contributed by atoms with E-state index < -0.39 is 11.8 Å². The molecule has 0 bridgehead atoms. The molecule has 0 aliphatic rings. The van der Waals surface area contributed by atoms with Crippen molar-refractivity contribution < 1.29 is 18.7 Å². The number of esters is 1. The van der Waals surface area contributed by atoms with Crippen molar-refractivity contribution in [2.24, 2.45) is 0 Å². The van der Waals surface area contributed by atoms with Gasteiger partial charge in [0.15, 0.2) is 0 Å². The molecule has 132 valence electrons. The number of aromatic nitrogens is 1. The lowest BCUT2D eigenvalue weighted by Crippen LogP contribution is -2.09. The van der Waals surface area contributed by atoms with Crippen LogP contribution < -0.4 is 4.74 Å². The maximum atomic E-state index is 13.5. The van der Waals surface area contributed by atoms with E-state index in [4.69, 9.17) is 9.47 Å². The zero-order valence-corrected chi connectivity index (χ0v) is 14.1. The third-order valence-corrected chi connectivity index (χ3v) is 3.73. The normalized spacial score (nSPS) is 10.3. The summed E-state index contributed by atoms with van der Waals surface area (Å²) in [6.45, 7) is 0.519. The van der Waals surface area contributed by atoms with Crippen molar-refractivity contribution in [3.05, 3.63) is 95.6 Å². The largest absolute Gasteiger partial charge is 0.487 e. The van der Waals surface area contributed by atoms with Crippen molar-refractivity contribution in [2.75, 3.05) is 0 Å². The molecule has 5 heteroatoms. The molecular formula is C21H18FNO3. The van der Waals surface area contributed by atoms with Gasteiger partial charge in [-0.05, 0) is 41.5 Å². The number of rotatable bonds is 7. The first kappa shape index (κ1) is 17.6. The number of carbonyl (C=O) groups is 1. The highest BCUT2D eigenvalue weighted by Gasteiger charge is 2.09. The first-order valence-electron chi connectivity index (χ1n) is 8.21. The maximum absolute atomic E-state index is 13.5. The number of hydrogen-bond acceptors (Lipinski definition) is 4. The average Bonchev–Trinajstić information content (AvgIpc) is 2.68. The summed E-state index contributed by atoms with van der Waals surface area (Å²) in [5, 5.41) is 0. The summed E-state index contributed by atoms with van der Waals surface area (Å²) in [6.07, 6.45) is 1.63. The average molecular weight is 351 g/mol. The highest BCUT2D eigenvalue weighted by molar-refractivity contribution is 5.72. The predicted molar refractivity (Wildman–Crippen MR) is 94.9 cm³/mol. The first-order valence-corrected chi connectivity index (χ1v) is 8.21. The van der Waals surface area contributed by atoms with E-state index in [0.717, 1.165) is 11.3 Å². The molecular weight excluding hydrogens is 333 g/mol. The summed E-state index contributed by atoms with van der Waals surface area (Å²) in [4.78, 5) is 16.0. The third kappa shape index (κ3) is 5.14. The van der Waals surface area contributed by atoms with Crippen LogP contribution in [0, 0.1) is 5.82 Å². The molecule has 0 radical (unpaired) electrons. The van der Waals surface area contributed by atoms with E-state index in [1.165, 1.54) is 6.07 Å². The van der Waals surface area contributed by atoms with E-state index in [-0.39, 0.29) is 13.0 Å². The lowest BCUT2D eigenvalue weighted by atomic mass is 10.1. The van der Waals surface area contributed by atoms with E-state index in [2.05, 4.69) is 4.98 Å². The second-order valence-corrected chi connectivity index (χ2v) is 5.68. The van der Waals surface area contributed by atoms with Crippen LogP contribution >= 0.6 is 0 Å². The van der Waals surface area contributed by atoms with Crippen LogP contribution in [-0.2, 0) is 29.2 Å². The second-order valence-electron chi connectivity index (χ2n) is 5.68. The van der Waals surface area contributed by atoms with Gasteiger partial charge in [0, 0.05) is 6.20 Å². The summed E-state index contributed by atoms with van der Waals surface area (Å²) in [5.74, 6) is -0.165. The number of benzene rings is 2. The summed E-state index contributed by atoms with van der Waals surface area (Å²) in [6, 6.07) is 19.1. The maximum Gasteiger partial charge on any atom is 0.310 e. The lowest BCUT2D eigenvalue weighted by molar-refractivity contribution is -0.144. The third-order valence-electron chi connectivity index (χ3n) is 3.73. The highest BCUT2D eigenvalue weighted by Crippen LogP contribution is 2.15. The quantitative estimate of drug-likeness (QED) is 0.602. The van der Waals surface area contributed by atoms with Gasteiger partial charge in [0.05, 0.1) is 12.1 Å². The molecule has 0 amide bonds. The van der Waals surface area contributed by atoms with Crippen LogP contribution in [-0.4, -0.2) is 11.0 Å². The molecule has 0 spiro atoms. The van der Waals surface area contributed by atoms with Crippen LogP contribution in [0.5, 0.6) is 5.75 Å². The predicted octanol–water partition coefficient (Wildman–Crippen LogP) is 4.09. The van der Waals surface area contributed by atoms with Crippen LogP contribution in [0.15, 0.2) is 72.9 Å². The Kier molecular flexibility index (Phi) is 5.93. The van der Waals surface area contributed by atoms with E-state index in [1.807, 2.05) is 42.5 Å². The first-order chi connectivity index (χ1) is 12.7. The molecule has 2 aromatic carbocycles.